The van der Waals surface area contributed by atoms with E-state index in [1.165, 1.54) is 44.9 Å². The smallest absolute Gasteiger partial charge is 0.239 e. The summed E-state index contributed by atoms with van der Waals surface area (Å²) in [6, 6.07) is 0.649. The maximum Gasteiger partial charge on any atom is 0.239 e. The number of likely N-dealkylation sites (tertiary alicyclic amines) is 1. The fraction of sp³-hybridized carbons (Fsp3) is 0.941. The van der Waals surface area contributed by atoms with Crippen molar-refractivity contribution in [1.29, 1.82) is 0 Å². The Labute approximate surface area is 122 Å². The highest BCUT2D eigenvalue weighted by molar-refractivity contribution is 5.82. The van der Waals surface area contributed by atoms with Crippen LogP contribution in [0.15, 0.2) is 0 Å². The lowest BCUT2D eigenvalue weighted by Gasteiger charge is -2.34. The molecule has 4 fully saturated rings. The van der Waals surface area contributed by atoms with Crippen molar-refractivity contribution in [3.05, 3.63) is 0 Å². The van der Waals surface area contributed by atoms with E-state index in [9.17, 15) is 4.79 Å². The molecule has 6 atom stereocenters. The van der Waals surface area contributed by atoms with E-state index in [1.807, 2.05) is 7.05 Å². The van der Waals surface area contributed by atoms with Gasteiger partial charge in [-0.25, -0.2) is 0 Å². The molecule has 0 bridgehead atoms. The van der Waals surface area contributed by atoms with Crippen LogP contribution in [-0.4, -0.2) is 36.5 Å². The average molecular weight is 276 g/mol. The van der Waals surface area contributed by atoms with Gasteiger partial charge in [0.2, 0.25) is 5.91 Å². The van der Waals surface area contributed by atoms with Gasteiger partial charge in [-0.05, 0) is 75.7 Å². The lowest BCUT2D eigenvalue weighted by atomic mass is 9.96. The molecule has 0 aromatic rings. The van der Waals surface area contributed by atoms with Gasteiger partial charge in [0, 0.05) is 12.6 Å². The lowest BCUT2D eigenvalue weighted by molar-refractivity contribution is -0.136. The highest BCUT2D eigenvalue weighted by Gasteiger charge is 2.50. The van der Waals surface area contributed by atoms with Crippen molar-refractivity contribution in [3.8, 4) is 0 Å². The molecule has 3 nitrogen and oxygen atoms in total. The monoisotopic (exact) mass is 276 g/mol. The van der Waals surface area contributed by atoms with Gasteiger partial charge in [0.05, 0.1) is 6.04 Å². The lowest BCUT2D eigenvalue weighted by Crippen LogP contribution is -2.50. The minimum atomic E-state index is 0.0806. The molecule has 6 unspecified atom stereocenters. The quantitative estimate of drug-likeness (QED) is 0.858. The molecule has 1 amide bonds. The van der Waals surface area contributed by atoms with Crippen molar-refractivity contribution in [2.45, 2.75) is 63.5 Å². The Morgan fingerprint density at radius 3 is 2.65 bits per heavy atom. The van der Waals surface area contributed by atoms with E-state index in [2.05, 4.69) is 10.2 Å². The molecule has 0 aromatic heterocycles. The van der Waals surface area contributed by atoms with Gasteiger partial charge < -0.3 is 10.2 Å². The Morgan fingerprint density at radius 2 is 1.95 bits per heavy atom. The first kappa shape index (κ1) is 13.1. The van der Waals surface area contributed by atoms with E-state index in [1.54, 1.807) is 0 Å². The zero-order valence-electron chi connectivity index (χ0n) is 12.7. The minimum absolute atomic E-state index is 0.0806. The number of hydrogen-bond acceptors (Lipinski definition) is 2. The van der Waals surface area contributed by atoms with E-state index < -0.39 is 0 Å². The highest BCUT2D eigenvalue weighted by Crippen LogP contribution is 2.55. The summed E-state index contributed by atoms with van der Waals surface area (Å²) >= 11 is 0. The van der Waals surface area contributed by atoms with Crippen molar-refractivity contribution in [1.82, 2.24) is 10.2 Å². The number of likely N-dealkylation sites (N-methyl/N-ethyl adjacent to an activating group) is 1. The van der Waals surface area contributed by atoms with Gasteiger partial charge in [-0.15, -0.1) is 0 Å². The highest BCUT2D eigenvalue weighted by atomic mass is 16.2. The van der Waals surface area contributed by atoms with Gasteiger partial charge in [0.15, 0.2) is 0 Å². The number of nitrogens with zero attached hydrogens (tertiary/aromatic N) is 1. The second kappa shape index (κ2) is 5.01. The zero-order chi connectivity index (χ0) is 13.7. The second-order valence-corrected chi connectivity index (χ2v) is 7.66. The third-order valence-corrected chi connectivity index (χ3v) is 6.70. The molecule has 20 heavy (non-hydrogen) atoms. The Morgan fingerprint density at radius 1 is 1.10 bits per heavy atom. The van der Waals surface area contributed by atoms with E-state index in [4.69, 9.17) is 0 Å². The summed E-state index contributed by atoms with van der Waals surface area (Å²) in [7, 11) is 1.95. The molecule has 4 aliphatic rings. The van der Waals surface area contributed by atoms with Crippen molar-refractivity contribution >= 4 is 5.91 Å². The molecular formula is C17H28N2O. The van der Waals surface area contributed by atoms with Crippen molar-refractivity contribution < 1.29 is 4.79 Å². The summed E-state index contributed by atoms with van der Waals surface area (Å²) < 4.78 is 0. The van der Waals surface area contributed by atoms with Crippen LogP contribution in [-0.2, 0) is 4.79 Å². The van der Waals surface area contributed by atoms with E-state index in [0.717, 1.165) is 36.6 Å². The maximum absolute atomic E-state index is 12.9. The Balaban J connectivity index is 1.53. The van der Waals surface area contributed by atoms with Crippen LogP contribution in [0.2, 0.25) is 0 Å². The van der Waals surface area contributed by atoms with Crippen LogP contribution in [0.4, 0.5) is 0 Å². The number of carbonyl (C=O) groups excluding carboxylic acids is 1. The Bertz CT molecular complexity index is 396. The van der Waals surface area contributed by atoms with Crippen LogP contribution in [0.25, 0.3) is 0 Å². The largest absolute Gasteiger partial charge is 0.338 e. The Kier molecular flexibility index (Phi) is 3.29. The molecule has 3 heteroatoms. The molecule has 0 radical (unpaired) electrons. The summed E-state index contributed by atoms with van der Waals surface area (Å²) in [6.45, 7) is 1.07. The first-order valence-electron chi connectivity index (χ1n) is 8.75. The van der Waals surface area contributed by atoms with Gasteiger partial charge in [-0.1, -0.05) is 6.42 Å². The number of rotatable bonds is 3. The van der Waals surface area contributed by atoms with Gasteiger partial charge in [-0.3, -0.25) is 4.79 Å². The van der Waals surface area contributed by atoms with E-state index in [-0.39, 0.29) is 6.04 Å². The van der Waals surface area contributed by atoms with Crippen LogP contribution in [0.1, 0.15) is 51.4 Å². The molecular weight excluding hydrogens is 248 g/mol. The summed E-state index contributed by atoms with van der Waals surface area (Å²) in [4.78, 5) is 15.2. The van der Waals surface area contributed by atoms with Gasteiger partial charge in [0.1, 0.15) is 0 Å². The first-order valence-corrected chi connectivity index (χ1v) is 8.75. The summed E-state index contributed by atoms with van der Waals surface area (Å²) in [5.41, 5.74) is 0. The Hall–Kier alpha value is -0.570. The van der Waals surface area contributed by atoms with Gasteiger partial charge in [-0.2, -0.15) is 0 Å². The van der Waals surface area contributed by atoms with E-state index in [0.29, 0.717) is 11.9 Å². The van der Waals surface area contributed by atoms with Crippen molar-refractivity contribution in [2.24, 2.45) is 23.7 Å². The topological polar surface area (TPSA) is 32.3 Å². The van der Waals surface area contributed by atoms with Crippen LogP contribution in [0, 0.1) is 23.7 Å². The molecule has 0 aromatic carbocycles. The van der Waals surface area contributed by atoms with Gasteiger partial charge in [0.25, 0.3) is 0 Å². The predicted molar refractivity (Wildman–Crippen MR) is 79.2 cm³/mol. The van der Waals surface area contributed by atoms with Crippen molar-refractivity contribution in [2.75, 3.05) is 13.6 Å². The summed E-state index contributed by atoms with van der Waals surface area (Å²) in [6.07, 6.45) is 10.5. The normalized spacial score (nSPS) is 47.0. The van der Waals surface area contributed by atoms with Crippen LogP contribution in [0.5, 0.6) is 0 Å². The van der Waals surface area contributed by atoms with Crippen LogP contribution >= 0.6 is 0 Å². The fourth-order valence-corrected chi connectivity index (χ4v) is 5.43. The maximum atomic E-state index is 12.9. The molecule has 1 N–H and O–H groups in total. The first-order chi connectivity index (χ1) is 9.78. The molecule has 0 spiro atoms. The number of carbonyl (C=O) groups is 1. The number of nitrogens with one attached hydrogen (secondary N) is 1. The number of fused-ring (bicyclic) bond motifs is 2. The fourth-order valence-electron chi connectivity index (χ4n) is 5.43. The average Bonchev–Trinajstić information content (AvgIpc) is 2.95. The van der Waals surface area contributed by atoms with Crippen LogP contribution < -0.4 is 5.32 Å². The molecule has 1 heterocycles. The summed E-state index contributed by atoms with van der Waals surface area (Å²) in [5.74, 6) is 4.01. The minimum Gasteiger partial charge on any atom is -0.338 e. The molecule has 3 saturated carbocycles. The SMILES string of the molecule is CNC1CCC2CCCC2N(CC2CCC3CC32)C1=O. The third kappa shape index (κ3) is 2.09. The number of hydrogen-bond donors (Lipinski definition) is 1. The third-order valence-electron chi connectivity index (χ3n) is 6.70. The van der Waals surface area contributed by atoms with Gasteiger partial charge >= 0.3 is 0 Å². The molecule has 4 rings (SSSR count). The molecule has 1 saturated heterocycles. The number of amides is 1. The standard InChI is InChI=1S/C17H28N2O/c1-18-15-8-7-11-3-2-4-16(11)19(17(15)20)10-13-6-5-12-9-14(12)13/h11-16,18H,2-10H2,1H3. The molecule has 112 valence electrons. The van der Waals surface area contributed by atoms with E-state index >= 15 is 0 Å². The predicted octanol–water partition coefficient (Wildman–Crippen LogP) is 2.41. The van der Waals surface area contributed by atoms with Crippen LogP contribution in [0.3, 0.4) is 0 Å². The molecule has 3 aliphatic carbocycles. The summed E-state index contributed by atoms with van der Waals surface area (Å²) in [5, 5.41) is 3.27. The second-order valence-electron chi connectivity index (χ2n) is 7.66. The molecule has 1 aliphatic heterocycles. The van der Waals surface area contributed by atoms with Crippen molar-refractivity contribution in [3.63, 3.8) is 0 Å². The zero-order valence-corrected chi connectivity index (χ0v) is 12.7.